The predicted octanol–water partition coefficient (Wildman–Crippen LogP) is 4.45. The minimum atomic E-state index is -0.167. The molecule has 3 aromatic carbocycles. The average molecular weight is 417 g/mol. The Hall–Kier alpha value is -3.38. The van der Waals surface area contributed by atoms with Gasteiger partial charge >= 0.3 is 6.03 Å². The second-order valence-corrected chi connectivity index (χ2v) is 7.91. The summed E-state index contributed by atoms with van der Waals surface area (Å²) in [7, 11) is 0. The van der Waals surface area contributed by atoms with Gasteiger partial charge in [-0.25, -0.2) is 4.79 Å². The fraction of sp³-hybridized carbons (Fsp3) is 0.280. The zero-order valence-corrected chi connectivity index (χ0v) is 17.5. The molecule has 6 heteroatoms. The van der Waals surface area contributed by atoms with Crippen LogP contribution in [0, 0.1) is 0 Å². The number of benzene rings is 3. The SMILES string of the molecule is O=C(CCN1CCC(NC(=O)Nc2ccccc2)CC1)Nc1cccc2ccccc12. The topological polar surface area (TPSA) is 73.5 Å². The number of nitrogens with one attached hydrogen (secondary N) is 3. The van der Waals surface area contributed by atoms with Gasteiger partial charge in [-0.3, -0.25) is 4.79 Å². The van der Waals surface area contributed by atoms with Gasteiger partial charge < -0.3 is 20.9 Å². The lowest BCUT2D eigenvalue weighted by Crippen LogP contribution is -2.46. The summed E-state index contributed by atoms with van der Waals surface area (Å²) < 4.78 is 0. The number of anilines is 2. The second-order valence-electron chi connectivity index (χ2n) is 7.91. The van der Waals surface area contributed by atoms with Crippen molar-refractivity contribution in [2.75, 3.05) is 30.3 Å². The lowest BCUT2D eigenvalue weighted by Gasteiger charge is -2.32. The minimum Gasteiger partial charge on any atom is -0.335 e. The monoisotopic (exact) mass is 416 g/mol. The highest BCUT2D eigenvalue weighted by Gasteiger charge is 2.21. The van der Waals surface area contributed by atoms with E-state index in [0.717, 1.165) is 54.6 Å². The summed E-state index contributed by atoms with van der Waals surface area (Å²) >= 11 is 0. The van der Waals surface area contributed by atoms with E-state index < -0.39 is 0 Å². The van der Waals surface area contributed by atoms with Crippen molar-refractivity contribution in [1.29, 1.82) is 0 Å². The van der Waals surface area contributed by atoms with Crippen molar-refractivity contribution in [3.05, 3.63) is 72.8 Å². The summed E-state index contributed by atoms with van der Waals surface area (Å²) in [5, 5.41) is 11.1. The number of likely N-dealkylation sites (tertiary alicyclic amines) is 1. The van der Waals surface area contributed by atoms with Crippen LogP contribution in [0.1, 0.15) is 19.3 Å². The largest absolute Gasteiger partial charge is 0.335 e. The maximum absolute atomic E-state index is 12.5. The first-order chi connectivity index (χ1) is 15.2. The number of nitrogens with zero attached hydrogens (tertiary/aromatic N) is 1. The summed E-state index contributed by atoms with van der Waals surface area (Å²) in [6.07, 6.45) is 2.22. The molecule has 0 spiro atoms. The highest BCUT2D eigenvalue weighted by Crippen LogP contribution is 2.23. The molecule has 0 radical (unpaired) electrons. The van der Waals surface area contributed by atoms with Gasteiger partial charge in [-0.1, -0.05) is 54.6 Å². The zero-order chi connectivity index (χ0) is 21.5. The van der Waals surface area contributed by atoms with E-state index in [1.54, 1.807) is 0 Å². The van der Waals surface area contributed by atoms with Crippen LogP contribution < -0.4 is 16.0 Å². The summed E-state index contributed by atoms with van der Waals surface area (Å²) in [5.41, 5.74) is 1.64. The highest BCUT2D eigenvalue weighted by molar-refractivity contribution is 6.02. The van der Waals surface area contributed by atoms with E-state index in [2.05, 4.69) is 20.9 Å². The summed E-state index contributed by atoms with van der Waals surface area (Å²) in [6, 6.07) is 23.4. The van der Waals surface area contributed by atoms with Gasteiger partial charge in [0, 0.05) is 48.9 Å². The lowest BCUT2D eigenvalue weighted by molar-refractivity contribution is -0.116. The van der Waals surface area contributed by atoms with Gasteiger partial charge in [0.1, 0.15) is 0 Å². The summed E-state index contributed by atoms with van der Waals surface area (Å²) in [5.74, 6) is 0.0267. The number of fused-ring (bicyclic) bond motifs is 1. The Labute approximate surface area is 182 Å². The number of hydrogen-bond acceptors (Lipinski definition) is 3. The van der Waals surface area contributed by atoms with Crippen LogP contribution in [0.15, 0.2) is 72.8 Å². The first kappa shape index (κ1) is 20.9. The van der Waals surface area contributed by atoms with Crippen LogP contribution in [-0.4, -0.2) is 42.5 Å². The predicted molar refractivity (Wildman–Crippen MR) is 125 cm³/mol. The van der Waals surface area contributed by atoms with Gasteiger partial charge in [0.05, 0.1) is 0 Å². The molecule has 31 heavy (non-hydrogen) atoms. The van der Waals surface area contributed by atoms with Crippen LogP contribution in [0.4, 0.5) is 16.2 Å². The van der Waals surface area contributed by atoms with E-state index >= 15 is 0 Å². The van der Waals surface area contributed by atoms with Crippen LogP contribution >= 0.6 is 0 Å². The number of rotatable bonds is 6. The maximum Gasteiger partial charge on any atom is 0.319 e. The Kier molecular flexibility index (Phi) is 6.79. The van der Waals surface area contributed by atoms with Crippen LogP contribution in [0.2, 0.25) is 0 Å². The standard InChI is InChI=1S/C25H28N4O2/c30-24(28-23-12-6-8-19-7-4-5-11-22(19)23)15-18-29-16-13-21(14-17-29)27-25(31)26-20-9-2-1-3-10-20/h1-12,21H,13-18H2,(H,28,30)(H2,26,27,31). The first-order valence-corrected chi connectivity index (χ1v) is 10.8. The van der Waals surface area contributed by atoms with Crippen LogP contribution in [0.25, 0.3) is 10.8 Å². The van der Waals surface area contributed by atoms with Crippen molar-refractivity contribution in [3.63, 3.8) is 0 Å². The molecule has 4 rings (SSSR count). The Morgan fingerprint density at radius 1 is 0.839 bits per heavy atom. The molecular formula is C25H28N4O2. The Balaban J connectivity index is 1.19. The zero-order valence-electron chi connectivity index (χ0n) is 17.5. The molecule has 6 nitrogen and oxygen atoms in total. The number of para-hydroxylation sites is 1. The van der Waals surface area contributed by atoms with E-state index in [9.17, 15) is 9.59 Å². The average Bonchev–Trinajstić information content (AvgIpc) is 2.79. The van der Waals surface area contributed by atoms with Crippen molar-refractivity contribution in [3.8, 4) is 0 Å². The van der Waals surface area contributed by atoms with E-state index in [0.29, 0.717) is 6.42 Å². The molecule has 3 N–H and O–H groups in total. The fourth-order valence-corrected chi connectivity index (χ4v) is 3.98. The molecule has 3 amide bonds. The maximum atomic E-state index is 12.5. The molecule has 1 fully saturated rings. The third kappa shape index (κ3) is 5.83. The number of carbonyl (C=O) groups excluding carboxylic acids is 2. The van der Waals surface area contributed by atoms with Crippen LogP contribution in [0.3, 0.4) is 0 Å². The number of carbonyl (C=O) groups is 2. The van der Waals surface area contributed by atoms with Gasteiger partial charge in [0.15, 0.2) is 0 Å². The van der Waals surface area contributed by atoms with Crippen molar-refractivity contribution < 1.29 is 9.59 Å². The van der Waals surface area contributed by atoms with Crippen molar-refractivity contribution in [1.82, 2.24) is 10.2 Å². The van der Waals surface area contributed by atoms with Crippen molar-refractivity contribution in [2.45, 2.75) is 25.3 Å². The third-order valence-corrected chi connectivity index (χ3v) is 5.67. The van der Waals surface area contributed by atoms with E-state index in [1.807, 2.05) is 72.8 Å². The lowest BCUT2D eigenvalue weighted by atomic mass is 10.0. The van der Waals surface area contributed by atoms with Crippen LogP contribution in [0.5, 0.6) is 0 Å². The number of hydrogen-bond donors (Lipinski definition) is 3. The van der Waals surface area contributed by atoms with E-state index in [1.165, 1.54) is 0 Å². The molecule has 1 aliphatic heterocycles. The van der Waals surface area contributed by atoms with Gasteiger partial charge in [0.25, 0.3) is 0 Å². The summed E-state index contributed by atoms with van der Waals surface area (Å²) in [6.45, 7) is 2.47. The third-order valence-electron chi connectivity index (χ3n) is 5.67. The first-order valence-electron chi connectivity index (χ1n) is 10.8. The molecule has 0 bridgehead atoms. The Bertz CT molecular complexity index is 1020. The van der Waals surface area contributed by atoms with Gasteiger partial charge in [-0.2, -0.15) is 0 Å². The summed E-state index contributed by atoms with van der Waals surface area (Å²) in [4.78, 5) is 26.9. The number of urea groups is 1. The minimum absolute atomic E-state index is 0.0267. The quantitative estimate of drug-likeness (QED) is 0.556. The molecule has 0 aliphatic carbocycles. The Morgan fingerprint density at radius 2 is 1.55 bits per heavy atom. The molecular weight excluding hydrogens is 388 g/mol. The van der Waals surface area contributed by atoms with Crippen LogP contribution in [-0.2, 0) is 4.79 Å². The second kappa shape index (κ2) is 10.1. The normalized spacial score (nSPS) is 14.8. The van der Waals surface area contributed by atoms with Gasteiger partial charge in [-0.05, 0) is 36.4 Å². The number of piperidine rings is 1. The van der Waals surface area contributed by atoms with E-state index in [4.69, 9.17) is 0 Å². The molecule has 1 saturated heterocycles. The molecule has 1 aliphatic rings. The smallest absolute Gasteiger partial charge is 0.319 e. The molecule has 0 saturated carbocycles. The van der Waals surface area contributed by atoms with Crippen molar-refractivity contribution in [2.24, 2.45) is 0 Å². The molecule has 160 valence electrons. The fourth-order valence-electron chi connectivity index (χ4n) is 3.98. The number of amides is 3. The Morgan fingerprint density at radius 3 is 2.35 bits per heavy atom. The molecule has 0 unspecified atom stereocenters. The van der Waals surface area contributed by atoms with Gasteiger partial charge in [-0.15, -0.1) is 0 Å². The molecule has 3 aromatic rings. The van der Waals surface area contributed by atoms with Gasteiger partial charge in [0.2, 0.25) is 5.91 Å². The highest BCUT2D eigenvalue weighted by atomic mass is 16.2. The molecule has 0 atom stereocenters. The van der Waals surface area contributed by atoms with E-state index in [-0.39, 0.29) is 18.0 Å². The van der Waals surface area contributed by atoms with Crippen molar-refractivity contribution >= 4 is 34.1 Å². The molecule has 0 aromatic heterocycles. The molecule has 1 heterocycles.